The van der Waals surface area contributed by atoms with Crippen molar-refractivity contribution in [3.05, 3.63) is 29.3 Å². The fourth-order valence-electron chi connectivity index (χ4n) is 1.55. The van der Waals surface area contributed by atoms with Crippen molar-refractivity contribution in [1.82, 2.24) is 4.31 Å². The van der Waals surface area contributed by atoms with Crippen LogP contribution < -0.4 is 5.73 Å². The zero-order chi connectivity index (χ0) is 13.9. The summed E-state index contributed by atoms with van der Waals surface area (Å²) in [5, 5.41) is 7.13. The lowest BCUT2D eigenvalue weighted by atomic mass is 10.2. The van der Waals surface area contributed by atoms with Gasteiger partial charge in [-0.3, -0.25) is 5.41 Å². The third-order valence-corrected chi connectivity index (χ3v) is 4.73. The predicted molar refractivity (Wildman–Crippen MR) is 72.3 cm³/mol. The van der Waals surface area contributed by atoms with Gasteiger partial charge >= 0.3 is 0 Å². The monoisotopic (exact) mass is 269 g/mol. The van der Waals surface area contributed by atoms with Gasteiger partial charge in [-0.2, -0.15) is 0 Å². The summed E-state index contributed by atoms with van der Waals surface area (Å²) < 4.78 is 25.9. The van der Waals surface area contributed by atoms with Gasteiger partial charge in [-0.05, 0) is 31.0 Å². The van der Waals surface area contributed by atoms with Gasteiger partial charge in [0, 0.05) is 20.0 Å². The van der Waals surface area contributed by atoms with Crippen molar-refractivity contribution in [2.24, 2.45) is 5.73 Å². The van der Waals surface area contributed by atoms with Crippen LogP contribution in [0.5, 0.6) is 0 Å². The molecule has 0 spiro atoms. The number of hydrogen-bond acceptors (Lipinski definition) is 3. The van der Waals surface area contributed by atoms with E-state index < -0.39 is 10.0 Å². The molecule has 1 aromatic carbocycles. The van der Waals surface area contributed by atoms with Gasteiger partial charge in [0.25, 0.3) is 0 Å². The van der Waals surface area contributed by atoms with E-state index in [2.05, 4.69) is 0 Å². The second kappa shape index (κ2) is 5.49. The van der Waals surface area contributed by atoms with Crippen molar-refractivity contribution in [1.29, 1.82) is 5.41 Å². The Kier molecular flexibility index (Phi) is 4.48. The maximum absolute atomic E-state index is 12.3. The van der Waals surface area contributed by atoms with Gasteiger partial charge in [-0.1, -0.05) is 12.1 Å². The molecule has 0 unspecified atom stereocenters. The first-order chi connectivity index (χ1) is 8.25. The maximum Gasteiger partial charge on any atom is 0.243 e. The summed E-state index contributed by atoms with van der Waals surface area (Å²) in [6.07, 6.45) is 0.237. The lowest BCUT2D eigenvalue weighted by Crippen LogP contribution is -2.30. The Morgan fingerprint density at radius 1 is 1.39 bits per heavy atom. The van der Waals surface area contributed by atoms with E-state index in [1.165, 1.54) is 11.4 Å². The fraction of sp³-hybridized carbons (Fsp3) is 0.417. The second-order valence-electron chi connectivity index (χ2n) is 4.37. The minimum atomic E-state index is -3.51. The molecule has 5 nitrogen and oxygen atoms in total. The fourth-order valence-corrected chi connectivity index (χ4v) is 3.03. The highest BCUT2D eigenvalue weighted by Crippen LogP contribution is 2.20. The van der Waals surface area contributed by atoms with Crippen molar-refractivity contribution in [2.45, 2.75) is 25.2 Å². The van der Waals surface area contributed by atoms with Crippen LogP contribution >= 0.6 is 0 Å². The van der Waals surface area contributed by atoms with E-state index in [1.54, 1.807) is 19.1 Å². The molecule has 0 saturated heterocycles. The second-order valence-corrected chi connectivity index (χ2v) is 6.38. The Morgan fingerprint density at radius 3 is 2.56 bits per heavy atom. The van der Waals surface area contributed by atoms with E-state index in [-0.39, 0.29) is 18.8 Å². The molecular weight excluding hydrogens is 250 g/mol. The number of sulfonamides is 1. The highest BCUT2D eigenvalue weighted by atomic mass is 32.2. The number of benzene rings is 1. The lowest BCUT2D eigenvalue weighted by Gasteiger charge is -2.18. The van der Waals surface area contributed by atoms with Crippen LogP contribution in [0.4, 0.5) is 0 Å². The summed E-state index contributed by atoms with van der Waals surface area (Å²) in [7, 11) is -2.01. The first-order valence-electron chi connectivity index (χ1n) is 5.61. The molecule has 3 N–H and O–H groups in total. The Balaban J connectivity index is 3.05. The molecule has 1 rings (SSSR count). The molecule has 0 amide bonds. The normalized spacial score (nSPS) is 11.8. The summed E-state index contributed by atoms with van der Waals surface area (Å²) in [6.45, 7) is 3.84. The molecule has 0 heterocycles. The molecular formula is C12H19N3O2S. The first-order valence-corrected chi connectivity index (χ1v) is 7.05. The van der Waals surface area contributed by atoms with E-state index in [1.807, 2.05) is 13.0 Å². The lowest BCUT2D eigenvalue weighted by molar-refractivity contribution is 0.477. The van der Waals surface area contributed by atoms with Crippen LogP contribution in [0.1, 0.15) is 17.5 Å². The Hall–Kier alpha value is -1.40. The molecule has 100 valence electrons. The van der Waals surface area contributed by atoms with Gasteiger partial charge in [0.2, 0.25) is 10.0 Å². The summed E-state index contributed by atoms with van der Waals surface area (Å²) in [4.78, 5) is 0.313. The third-order valence-electron chi connectivity index (χ3n) is 2.73. The molecule has 0 saturated carbocycles. The van der Waals surface area contributed by atoms with E-state index in [4.69, 9.17) is 11.1 Å². The van der Waals surface area contributed by atoms with Crippen molar-refractivity contribution in [3.8, 4) is 0 Å². The average Bonchev–Trinajstić information content (AvgIpc) is 2.28. The Morgan fingerprint density at radius 2 is 2.00 bits per heavy atom. The number of nitrogens with zero attached hydrogens (tertiary/aromatic N) is 1. The van der Waals surface area contributed by atoms with E-state index in [0.29, 0.717) is 4.90 Å². The third kappa shape index (κ3) is 3.30. The van der Waals surface area contributed by atoms with Crippen LogP contribution in [-0.4, -0.2) is 32.2 Å². The van der Waals surface area contributed by atoms with Gasteiger partial charge in [0.05, 0.1) is 10.7 Å². The molecule has 0 aromatic heterocycles. The number of aryl methyl sites for hydroxylation is 2. The highest BCUT2D eigenvalue weighted by Gasteiger charge is 2.22. The standard InChI is InChI=1S/C12H19N3O2S/c1-9-4-5-10(2)11(8-9)18(16,17)15(3)7-6-12(13)14/h4-5,8H,6-7H2,1-3H3,(H3,13,14). The van der Waals surface area contributed by atoms with Crippen LogP contribution in [0.15, 0.2) is 23.1 Å². The van der Waals surface area contributed by atoms with Crippen molar-refractivity contribution < 1.29 is 8.42 Å². The quantitative estimate of drug-likeness (QED) is 0.623. The number of hydrogen-bond donors (Lipinski definition) is 2. The number of rotatable bonds is 5. The number of nitrogens with two attached hydrogens (primary N) is 1. The van der Waals surface area contributed by atoms with Crippen LogP contribution in [0.25, 0.3) is 0 Å². The predicted octanol–water partition coefficient (Wildman–Crippen LogP) is 1.25. The minimum Gasteiger partial charge on any atom is -0.388 e. The Labute approximate surface area is 108 Å². The van der Waals surface area contributed by atoms with E-state index >= 15 is 0 Å². The molecule has 0 aliphatic rings. The number of amidine groups is 1. The van der Waals surface area contributed by atoms with Crippen molar-refractivity contribution in [2.75, 3.05) is 13.6 Å². The smallest absolute Gasteiger partial charge is 0.243 e. The molecule has 0 aliphatic heterocycles. The molecule has 18 heavy (non-hydrogen) atoms. The van der Waals surface area contributed by atoms with Crippen LogP contribution in [0.2, 0.25) is 0 Å². The molecule has 0 bridgehead atoms. The number of nitrogens with one attached hydrogen (secondary N) is 1. The minimum absolute atomic E-state index is 0.0157. The van der Waals surface area contributed by atoms with Crippen LogP contribution in [0, 0.1) is 19.3 Å². The van der Waals surface area contributed by atoms with Gasteiger partial charge in [-0.15, -0.1) is 0 Å². The SMILES string of the molecule is Cc1ccc(C)c(S(=O)(=O)N(C)CCC(=N)N)c1. The molecule has 0 radical (unpaired) electrons. The summed E-state index contributed by atoms with van der Waals surface area (Å²) in [5.41, 5.74) is 6.86. The molecule has 6 heteroatoms. The van der Waals surface area contributed by atoms with Crippen molar-refractivity contribution in [3.63, 3.8) is 0 Å². The molecule has 0 atom stereocenters. The summed E-state index contributed by atoms with van der Waals surface area (Å²) >= 11 is 0. The first kappa shape index (κ1) is 14.7. The Bertz CT molecular complexity index is 552. The summed E-state index contributed by atoms with van der Waals surface area (Å²) in [5.74, 6) is -0.0157. The zero-order valence-corrected chi connectivity index (χ0v) is 11.7. The van der Waals surface area contributed by atoms with Crippen LogP contribution in [-0.2, 0) is 10.0 Å². The molecule has 0 aliphatic carbocycles. The molecule has 1 aromatic rings. The van der Waals surface area contributed by atoms with E-state index in [0.717, 1.165) is 11.1 Å². The highest BCUT2D eigenvalue weighted by molar-refractivity contribution is 7.89. The summed E-state index contributed by atoms with van der Waals surface area (Å²) in [6, 6.07) is 5.33. The van der Waals surface area contributed by atoms with Crippen molar-refractivity contribution >= 4 is 15.9 Å². The topological polar surface area (TPSA) is 87.2 Å². The van der Waals surface area contributed by atoms with Crippen LogP contribution in [0.3, 0.4) is 0 Å². The van der Waals surface area contributed by atoms with Gasteiger partial charge < -0.3 is 5.73 Å². The van der Waals surface area contributed by atoms with Gasteiger partial charge in [0.1, 0.15) is 0 Å². The largest absolute Gasteiger partial charge is 0.388 e. The van der Waals surface area contributed by atoms with Gasteiger partial charge in [0.15, 0.2) is 0 Å². The van der Waals surface area contributed by atoms with E-state index in [9.17, 15) is 8.42 Å². The van der Waals surface area contributed by atoms with Gasteiger partial charge in [-0.25, -0.2) is 12.7 Å². The zero-order valence-electron chi connectivity index (χ0n) is 10.9. The average molecular weight is 269 g/mol. The molecule has 0 fully saturated rings. The maximum atomic E-state index is 12.3.